The fourth-order valence-corrected chi connectivity index (χ4v) is 4.46. The van der Waals surface area contributed by atoms with Gasteiger partial charge in [-0.15, -0.1) is 0 Å². The van der Waals surface area contributed by atoms with Crippen molar-refractivity contribution in [1.82, 2.24) is 4.90 Å². The van der Waals surface area contributed by atoms with E-state index in [2.05, 4.69) is 6.92 Å². The minimum absolute atomic E-state index is 0.354. The summed E-state index contributed by atoms with van der Waals surface area (Å²) in [5.74, 6) is -0.141. The van der Waals surface area contributed by atoms with E-state index in [1.807, 2.05) is 4.90 Å². The molecule has 2 heterocycles. The summed E-state index contributed by atoms with van der Waals surface area (Å²) in [6.45, 7) is 3.67. The maximum Gasteiger partial charge on any atom is 0.282 e. The van der Waals surface area contributed by atoms with Crippen molar-refractivity contribution in [2.24, 2.45) is 5.92 Å². The van der Waals surface area contributed by atoms with Crippen molar-refractivity contribution in [3.8, 4) is 0 Å². The number of carbonyl (C=O) groups excluding carboxylic acids is 2. The summed E-state index contributed by atoms with van der Waals surface area (Å²) < 4.78 is 0. The number of hydrogen-bond donors (Lipinski definition) is 0. The molecule has 7 heteroatoms. The minimum Gasteiger partial charge on any atom is -0.366 e. The molecule has 2 amide bonds. The molecule has 1 fully saturated rings. The maximum atomic E-state index is 13.5. The molecule has 29 heavy (non-hydrogen) atoms. The fourth-order valence-electron chi connectivity index (χ4n) is 3.82. The molecule has 150 valence electrons. The molecule has 0 atom stereocenters. The first-order valence-corrected chi connectivity index (χ1v) is 10.6. The van der Waals surface area contributed by atoms with E-state index in [1.54, 1.807) is 42.5 Å². The van der Waals surface area contributed by atoms with Crippen LogP contribution < -0.4 is 4.90 Å². The van der Waals surface area contributed by atoms with Crippen LogP contribution in [-0.4, -0.2) is 29.8 Å². The number of hydrogen-bond acceptors (Lipinski definition) is 3. The van der Waals surface area contributed by atoms with E-state index in [0.29, 0.717) is 43.5 Å². The quantitative estimate of drug-likeness (QED) is 0.567. The molecule has 4 nitrogen and oxygen atoms in total. The molecule has 2 aromatic carbocycles. The lowest BCUT2D eigenvalue weighted by Crippen LogP contribution is -2.38. The number of likely N-dealkylation sites (tertiary alicyclic amines) is 1. The standard InChI is InChI=1S/C22H19Cl3N2O2/c1-13-6-8-26(9-7-13)20-19(14-2-4-15(23)5-3-14)21(28)27(22(20)29)18-11-16(24)10-17(25)12-18/h2-5,10-13H,6-9H2,1H3. The lowest BCUT2D eigenvalue weighted by Gasteiger charge is -2.32. The number of imide groups is 1. The number of rotatable bonds is 3. The molecular formula is C22H19Cl3N2O2. The van der Waals surface area contributed by atoms with Gasteiger partial charge in [0.15, 0.2) is 0 Å². The molecule has 2 aliphatic heterocycles. The Balaban J connectivity index is 1.82. The maximum absolute atomic E-state index is 13.5. The summed E-state index contributed by atoms with van der Waals surface area (Å²) in [5.41, 5.74) is 1.85. The largest absolute Gasteiger partial charge is 0.366 e. The summed E-state index contributed by atoms with van der Waals surface area (Å²) in [4.78, 5) is 30.1. The Kier molecular flexibility index (Phi) is 5.60. The average molecular weight is 450 g/mol. The minimum atomic E-state index is -0.385. The zero-order valence-electron chi connectivity index (χ0n) is 15.8. The zero-order valence-corrected chi connectivity index (χ0v) is 18.1. The predicted molar refractivity (Wildman–Crippen MR) is 117 cm³/mol. The number of nitrogens with zero attached hydrogens (tertiary/aromatic N) is 2. The number of carbonyl (C=O) groups is 2. The number of benzene rings is 2. The van der Waals surface area contributed by atoms with Crippen molar-refractivity contribution in [3.63, 3.8) is 0 Å². The SMILES string of the molecule is CC1CCN(C2=C(c3ccc(Cl)cc3)C(=O)N(c3cc(Cl)cc(Cl)c3)C2=O)CC1. The number of amides is 2. The smallest absolute Gasteiger partial charge is 0.282 e. The second-order valence-electron chi connectivity index (χ2n) is 7.47. The summed E-state index contributed by atoms with van der Waals surface area (Å²) in [5, 5.41) is 1.29. The van der Waals surface area contributed by atoms with Crippen LogP contribution in [0.5, 0.6) is 0 Å². The third-order valence-electron chi connectivity index (χ3n) is 5.40. The van der Waals surface area contributed by atoms with Crippen molar-refractivity contribution in [1.29, 1.82) is 0 Å². The van der Waals surface area contributed by atoms with Gasteiger partial charge in [0.2, 0.25) is 0 Å². The first-order chi connectivity index (χ1) is 13.8. The van der Waals surface area contributed by atoms with E-state index in [9.17, 15) is 9.59 Å². The lowest BCUT2D eigenvalue weighted by atomic mass is 9.97. The van der Waals surface area contributed by atoms with E-state index in [-0.39, 0.29) is 11.8 Å². The van der Waals surface area contributed by atoms with Gasteiger partial charge in [-0.25, -0.2) is 4.90 Å². The van der Waals surface area contributed by atoms with Crippen LogP contribution in [0, 0.1) is 5.92 Å². The van der Waals surface area contributed by atoms with Gasteiger partial charge in [-0.2, -0.15) is 0 Å². The van der Waals surface area contributed by atoms with Crippen molar-refractivity contribution in [2.75, 3.05) is 18.0 Å². The third kappa shape index (κ3) is 3.89. The van der Waals surface area contributed by atoms with Crippen LogP contribution in [-0.2, 0) is 9.59 Å². The van der Waals surface area contributed by atoms with E-state index >= 15 is 0 Å². The van der Waals surface area contributed by atoms with Crippen molar-refractivity contribution < 1.29 is 9.59 Å². The van der Waals surface area contributed by atoms with E-state index in [1.165, 1.54) is 0 Å². The van der Waals surface area contributed by atoms with Crippen LogP contribution >= 0.6 is 34.8 Å². The Morgan fingerprint density at radius 2 is 1.41 bits per heavy atom. The van der Waals surface area contributed by atoms with Crippen molar-refractivity contribution >= 4 is 57.9 Å². The summed E-state index contributed by atoms with van der Waals surface area (Å²) >= 11 is 18.3. The highest BCUT2D eigenvalue weighted by Gasteiger charge is 2.43. The van der Waals surface area contributed by atoms with Crippen LogP contribution in [0.15, 0.2) is 48.2 Å². The molecular weight excluding hydrogens is 431 g/mol. The topological polar surface area (TPSA) is 40.6 Å². The van der Waals surface area contributed by atoms with Gasteiger partial charge < -0.3 is 4.90 Å². The van der Waals surface area contributed by atoms with Gasteiger partial charge >= 0.3 is 0 Å². The molecule has 0 aromatic heterocycles. The normalized spacial score (nSPS) is 18.2. The molecule has 2 aromatic rings. The number of anilines is 1. The Bertz CT molecular complexity index is 989. The summed E-state index contributed by atoms with van der Waals surface area (Å²) in [6, 6.07) is 11.7. The molecule has 0 unspecified atom stereocenters. The van der Waals surface area contributed by atoms with Gasteiger partial charge in [0.1, 0.15) is 5.70 Å². The molecule has 4 rings (SSSR count). The van der Waals surface area contributed by atoms with E-state index < -0.39 is 0 Å². The van der Waals surface area contributed by atoms with Gasteiger partial charge in [0, 0.05) is 28.2 Å². The highest BCUT2D eigenvalue weighted by molar-refractivity contribution is 6.46. The van der Waals surface area contributed by atoms with Gasteiger partial charge in [0.25, 0.3) is 11.8 Å². The Morgan fingerprint density at radius 1 is 0.828 bits per heavy atom. The van der Waals surface area contributed by atoms with E-state index in [0.717, 1.165) is 30.8 Å². The molecule has 0 bridgehead atoms. The fraction of sp³-hybridized carbons (Fsp3) is 0.273. The number of piperidine rings is 1. The molecule has 0 aliphatic carbocycles. The predicted octanol–water partition coefficient (Wildman–Crippen LogP) is 5.66. The number of halogens is 3. The van der Waals surface area contributed by atoms with Crippen molar-refractivity contribution in [2.45, 2.75) is 19.8 Å². The lowest BCUT2D eigenvalue weighted by molar-refractivity contribution is -0.120. The molecule has 0 spiro atoms. The molecule has 1 saturated heterocycles. The molecule has 2 aliphatic rings. The first-order valence-electron chi connectivity index (χ1n) is 9.45. The summed E-state index contributed by atoms with van der Waals surface area (Å²) in [6.07, 6.45) is 1.95. The Labute approximate surface area is 184 Å². The van der Waals surface area contributed by atoms with Crippen LogP contribution in [0.25, 0.3) is 5.57 Å². The van der Waals surface area contributed by atoms with E-state index in [4.69, 9.17) is 34.8 Å². The zero-order chi connectivity index (χ0) is 20.7. The first kappa shape index (κ1) is 20.3. The second kappa shape index (κ2) is 8.02. The highest BCUT2D eigenvalue weighted by Crippen LogP contribution is 2.38. The van der Waals surface area contributed by atoms with Crippen LogP contribution in [0.3, 0.4) is 0 Å². The Morgan fingerprint density at radius 3 is 2.00 bits per heavy atom. The molecule has 0 saturated carbocycles. The highest BCUT2D eigenvalue weighted by atomic mass is 35.5. The van der Waals surface area contributed by atoms with Crippen LogP contribution in [0.4, 0.5) is 5.69 Å². The van der Waals surface area contributed by atoms with Gasteiger partial charge in [-0.1, -0.05) is 53.9 Å². The monoisotopic (exact) mass is 448 g/mol. The van der Waals surface area contributed by atoms with Crippen molar-refractivity contribution in [3.05, 3.63) is 68.8 Å². The second-order valence-corrected chi connectivity index (χ2v) is 8.78. The molecule has 0 radical (unpaired) electrons. The van der Waals surface area contributed by atoms with Crippen LogP contribution in [0.2, 0.25) is 15.1 Å². The van der Waals surface area contributed by atoms with Gasteiger partial charge in [-0.3, -0.25) is 9.59 Å². The molecule has 0 N–H and O–H groups in total. The van der Waals surface area contributed by atoms with Crippen LogP contribution in [0.1, 0.15) is 25.3 Å². The van der Waals surface area contributed by atoms with Gasteiger partial charge in [0.05, 0.1) is 11.3 Å². The summed E-state index contributed by atoms with van der Waals surface area (Å²) in [7, 11) is 0. The average Bonchev–Trinajstić information content (AvgIpc) is 2.93. The Hall–Kier alpha value is -2.01. The third-order valence-corrected chi connectivity index (χ3v) is 6.09. The van der Waals surface area contributed by atoms with Gasteiger partial charge in [-0.05, 0) is 54.7 Å².